The Balaban J connectivity index is 2.46. The molecule has 0 aliphatic rings. The lowest BCUT2D eigenvalue weighted by Crippen LogP contribution is -2.25. The zero-order chi connectivity index (χ0) is 14.8. The highest BCUT2D eigenvalue weighted by atomic mass is 16.5. The van der Waals surface area contributed by atoms with E-state index in [0.29, 0.717) is 18.7 Å². The second-order valence-electron chi connectivity index (χ2n) is 4.76. The van der Waals surface area contributed by atoms with Crippen LogP contribution in [-0.4, -0.2) is 32.2 Å². The molecule has 1 aromatic carbocycles. The molecule has 0 heterocycles. The van der Waals surface area contributed by atoms with Gasteiger partial charge in [0.25, 0.3) is 5.91 Å². The van der Waals surface area contributed by atoms with Crippen molar-refractivity contribution < 1.29 is 9.53 Å². The van der Waals surface area contributed by atoms with Gasteiger partial charge in [-0.25, -0.2) is 0 Å². The van der Waals surface area contributed by atoms with Crippen molar-refractivity contribution in [2.24, 2.45) is 0 Å². The highest BCUT2D eigenvalue weighted by Crippen LogP contribution is 2.16. The smallest absolute Gasteiger partial charge is 0.251 e. The number of benzene rings is 1. The fourth-order valence-electron chi connectivity index (χ4n) is 1.89. The van der Waals surface area contributed by atoms with Crippen LogP contribution in [0.4, 0.5) is 5.69 Å². The van der Waals surface area contributed by atoms with Gasteiger partial charge in [-0.3, -0.25) is 4.79 Å². The van der Waals surface area contributed by atoms with Crippen LogP contribution in [0, 0.1) is 6.92 Å². The monoisotopic (exact) mass is 278 g/mol. The molecular formula is C16H26N2O2. The second-order valence-corrected chi connectivity index (χ2v) is 4.76. The van der Waals surface area contributed by atoms with Crippen LogP contribution in [0.25, 0.3) is 0 Å². The Morgan fingerprint density at radius 2 is 2.05 bits per heavy atom. The Morgan fingerprint density at radius 1 is 1.25 bits per heavy atom. The highest BCUT2D eigenvalue weighted by Gasteiger charge is 2.06. The maximum Gasteiger partial charge on any atom is 0.251 e. The van der Waals surface area contributed by atoms with Crippen LogP contribution >= 0.6 is 0 Å². The van der Waals surface area contributed by atoms with Crippen LogP contribution < -0.4 is 10.6 Å². The van der Waals surface area contributed by atoms with Crippen LogP contribution in [0.1, 0.15) is 42.6 Å². The summed E-state index contributed by atoms with van der Waals surface area (Å²) < 4.78 is 5.23. The zero-order valence-corrected chi connectivity index (χ0v) is 12.8. The summed E-state index contributed by atoms with van der Waals surface area (Å²) in [6.45, 7) is 9.12. The molecular weight excluding hydrogens is 252 g/mol. The molecule has 0 aliphatic carbocycles. The number of hydrogen-bond donors (Lipinski definition) is 2. The van der Waals surface area contributed by atoms with Crippen molar-refractivity contribution in [2.45, 2.75) is 33.6 Å². The Kier molecular flexibility index (Phi) is 7.73. The average Bonchev–Trinajstić information content (AvgIpc) is 2.45. The van der Waals surface area contributed by atoms with Crippen LogP contribution in [0.2, 0.25) is 0 Å². The Morgan fingerprint density at radius 3 is 2.70 bits per heavy atom. The molecule has 2 N–H and O–H groups in total. The summed E-state index contributed by atoms with van der Waals surface area (Å²) in [5.74, 6) is -0.0216. The molecule has 20 heavy (non-hydrogen) atoms. The van der Waals surface area contributed by atoms with E-state index in [9.17, 15) is 4.79 Å². The Labute approximate surface area is 121 Å². The van der Waals surface area contributed by atoms with Gasteiger partial charge in [0.1, 0.15) is 0 Å². The van der Waals surface area contributed by atoms with Gasteiger partial charge in [-0.2, -0.15) is 0 Å². The van der Waals surface area contributed by atoms with E-state index < -0.39 is 0 Å². The van der Waals surface area contributed by atoms with Gasteiger partial charge >= 0.3 is 0 Å². The van der Waals surface area contributed by atoms with E-state index in [-0.39, 0.29) is 5.91 Å². The Hall–Kier alpha value is -1.55. The van der Waals surface area contributed by atoms with E-state index in [1.54, 1.807) is 0 Å². The predicted octanol–water partition coefficient (Wildman–Crippen LogP) is 2.97. The number of anilines is 1. The third kappa shape index (κ3) is 5.61. The van der Waals surface area contributed by atoms with Gasteiger partial charge in [0, 0.05) is 37.6 Å². The molecule has 4 nitrogen and oxygen atoms in total. The largest absolute Gasteiger partial charge is 0.385 e. The minimum Gasteiger partial charge on any atom is -0.385 e. The van der Waals surface area contributed by atoms with Gasteiger partial charge in [-0.1, -0.05) is 6.92 Å². The minimum atomic E-state index is -0.0216. The summed E-state index contributed by atoms with van der Waals surface area (Å²) in [7, 11) is 0. The summed E-state index contributed by atoms with van der Waals surface area (Å²) in [6.07, 6.45) is 1.93. The van der Waals surface area contributed by atoms with Crippen LogP contribution in [0.5, 0.6) is 0 Å². The summed E-state index contributed by atoms with van der Waals surface area (Å²) in [4.78, 5) is 12.0. The molecule has 4 heteroatoms. The van der Waals surface area contributed by atoms with E-state index in [0.717, 1.165) is 37.2 Å². The molecule has 0 unspecified atom stereocenters. The van der Waals surface area contributed by atoms with Crippen molar-refractivity contribution >= 4 is 11.6 Å². The normalized spacial score (nSPS) is 10.3. The molecule has 1 aromatic rings. The Bertz CT molecular complexity index is 419. The van der Waals surface area contributed by atoms with Gasteiger partial charge in [0.2, 0.25) is 0 Å². The summed E-state index contributed by atoms with van der Waals surface area (Å²) in [5.41, 5.74) is 2.90. The van der Waals surface area contributed by atoms with Gasteiger partial charge in [0.05, 0.1) is 0 Å². The number of carbonyl (C=O) groups excluding carboxylic acids is 1. The molecule has 112 valence electrons. The number of hydrogen-bond acceptors (Lipinski definition) is 3. The summed E-state index contributed by atoms with van der Waals surface area (Å²) >= 11 is 0. The lowest BCUT2D eigenvalue weighted by Gasteiger charge is -2.11. The van der Waals surface area contributed by atoms with Crippen molar-refractivity contribution in [3.05, 3.63) is 29.3 Å². The lowest BCUT2D eigenvalue weighted by molar-refractivity contribution is 0.0944. The third-order valence-electron chi connectivity index (χ3n) is 3.01. The number of nitrogens with one attached hydrogen (secondary N) is 2. The lowest BCUT2D eigenvalue weighted by atomic mass is 10.1. The van der Waals surface area contributed by atoms with E-state index >= 15 is 0 Å². The average molecular weight is 278 g/mol. The van der Waals surface area contributed by atoms with E-state index in [1.807, 2.05) is 32.0 Å². The maximum atomic E-state index is 12.0. The van der Waals surface area contributed by atoms with E-state index in [2.05, 4.69) is 17.6 Å². The fraction of sp³-hybridized carbons (Fsp3) is 0.562. The maximum absolute atomic E-state index is 12.0. The van der Waals surface area contributed by atoms with Crippen molar-refractivity contribution in [1.29, 1.82) is 0 Å². The number of carbonyl (C=O) groups is 1. The number of amides is 1. The molecule has 0 atom stereocenters. The molecule has 0 aromatic heterocycles. The molecule has 0 fully saturated rings. The molecule has 0 aliphatic heterocycles. The molecule has 0 spiro atoms. The quantitative estimate of drug-likeness (QED) is 0.683. The van der Waals surface area contributed by atoms with E-state index in [1.165, 1.54) is 0 Å². The fourth-order valence-corrected chi connectivity index (χ4v) is 1.89. The third-order valence-corrected chi connectivity index (χ3v) is 3.01. The van der Waals surface area contributed by atoms with Crippen molar-refractivity contribution in [3.63, 3.8) is 0 Å². The van der Waals surface area contributed by atoms with Crippen LogP contribution in [-0.2, 0) is 4.74 Å². The van der Waals surface area contributed by atoms with Gasteiger partial charge in [0.15, 0.2) is 0 Å². The number of rotatable bonds is 9. The van der Waals surface area contributed by atoms with E-state index in [4.69, 9.17) is 4.74 Å². The van der Waals surface area contributed by atoms with Crippen LogP contribution in [0.15, 0.2) is 18.2 Å². The number of ether oxygens (including phenoxy) is 1. The van der Waals surface area contributed by atoms with Gasteiger partial charge in [-0.05, 0) is 50.5 Å². The second kappa shape index (κ2) is 9.37. The standard InChI is InChI=1S/C16H26N2O2/c1-4-9-17-15-8-7-14(12-13(15)3)16(19)18-10-6-11-20-5-2/h7-8,12,17H,4-6,9-11H2,1-3H3,(H,18,19). The molecule has 1 rings (SSSR count). The van der Waals surface area contributed by atoms with Crippen LogP contribution in [0.3, 0.4) is 0 Å². The topological polar surface area (TPSA) is 50.4 Å². The summed E-state index contributed by atoms with van der Waals surface area (Å²) in [6, 6.07) is 5.76. The SMILES string of the molecule is CCCNc1ccc(C(=O)NCCCOCC)cc1C. The van der Waals surface area contributed by atoms with Crippen molar-refractivity contribution in [3.8, 4) is 0 Å². The van der Waals surface area contributed by atoms with Crippen molar-refractivity contribution in [2.75, 3.05) is 31.6 Å². The molecule has 0 saturated carbocycles. The molecule has 0 radical (unpaired) electrons. The molecule has 0 bridgehead atoms. The first-order chi connectivity index (χ1) is 9.69. The highest BCUT2D eigenvalue weighted by molar-refractivity contribution is 5.94. The molecule has 0 saturated heterocycles. The first-order valence-electron chi connectivity index (χ1n) is 7.39. The van der Waals surface area contributed by atoms with Gasteiger partial charge < -0.3 is 15.4 Å². The predicted molar refractivity (Wildman–Crippen MR) is 83.4 cm³/mol. The minimum absolute atomic E-state index is 0.0216. The van der Waals surface area contributed by atoms with Gasteiger partial charge in [-0.15, -0.1) is 0 Å². The summed E-state index contributed by atoms with van der Waals surface area (Å²) in [5, 5.41) is 6.26. The zero-order valence-electron chi connectivity index (χ0n) is 12.8. The van der Waals surface area contributed by atoms with Crippen molar-refractivity contribution in [1.82, 2.24) is 5.32 Å². The first-order valence-corrected chi connectivity index (χ1v) is 7.39. The first kappa shape index (κ1) is 16.5. The molecule has 1 amide bonds. The number of aryl methyl sites for hydroxylation is 1.